The van der Waals surface area contributed by atoms with Gasteiger partial charge in [-0.25, -0.2) is 0 Å². The molecule has 1 fully saturated rings. The highest BCUT2D eigenvalue weighted by Gasteiger charge is 2.58. The summed E-state index contributed by atoms with van der Waals surface area (Å²) < 4.78 is 6.41. The van der Waals surface area contributed by atoms with E-state index in [9.17, 15) is 0 Å². The molecule has 0 saturated heterocycles. The van der Waals surface area contributed by atoms with Crippen LogP contribution in [0.15, 0.2) is 54.1 Å². The van der Waals surface area contributed by atoms with Gasteiger partial charge in [-0.05, 0) is 45.3 Å². The van der Waals surface area contributed by atoms with Crippen LogP contribution in [0.3, 0.4) is 0 Å². The van der Waals surface area contributed by atoms with E-state index in [1.54, 1.807) is 0 Å². The number of hydroxylamine groups is 1. The highest BCUT2D eigenvalue weighted by atomic mass is 35.5. The Kier molecular flexibility index (Phi) is 4.65. The maximum Gasteiger partial charge on any atom is 0.162 e. The molecular weight excluding hydrogens is 348 g/mol. The van der Waals surface area contributed by atoms with Crippen molar-refractivity contribution in [1.29, 1.82) is 0 Å². The first-order valence-electron chi connectivity index (χ1n) is 8.91. The number of halogens is 1. The number of hydrogen-bond donors (Lipinski definition) is 1. The zero-order chi connectivity index (χ0) is 18.1. The van der Waals surface area contributed by atoms with Crippen LogP contribution in [0.25, 0.3) is 5.70 Å². The van der Waals surface area contributed by atoms with Gasteiger partial charge in [-0.2, -0.15) is 0 Å². The van der Waals surface area contributed by atoms with Gasteiger partial charge in [0.15, 0.2) is 5.60 Å². The van der Waals surface area contributed by atoms with Gasteiger partial charge in [-0.3, -0.25) is 10.3 Å². The summed E-state index contributed by atoms with van der Waals surface area (Å²) in [5.74, 6) is 0.794. The van der Waals surface area contributed by atoms with Gasteiger partial charge in [0.1, 0.15) is 5.75 Å². The van der Waals surface area contributed by atoms with E-state index in [1.165, 1.54) is 5.57 Å². The molecular formula is C21H23ClN2O2. The molecule has 1 aliphatic heterocycles. The lowest BCUT2D eigenvalue weighted by Gasteiger charge is -2.26. The molecule has 4 nitrogen and oxygen atoms in total. The lowest BCUT2D eigenvalue weighted by Crippen LogP contribution is -2.25. The summed E-state index contributed by atoms with van der Waals surface area (Å²) in [7, 11) is 4.13. The standard InChI is InChI=1S/C21H23ClN2O2/c1-24(2)11-6-12-25-23-20-17-10-9-16(22)13-19(17)26-21(14-18(20)21)15-7-4-3-5-8-15/h3-5,7-10,13,23H,6,11-12,14H2,1-2H3. The van der Waals surface area contributed by atoms with Crippen LogP contribution < -0.4 is 10.2 Å². The third-order valence-corrected chi connectivity index (χ3v) is 5.09. The molecule has 5 heteroatoms. The fourth-order valence-corrected chi connectivity index (χ4v) is 3.63. The minimum Gasteiger partial charge on any atom is -0.477 e. The molecule has 26 heavy (non-hydrogen) atoms. The molecule has 4 rings (SSSR count). The first-order valence-corrected chi connectivity index (χ1v) is 9.28. The summed E-state index contributed by atoms with van der Waals surface area (Å²) in [6, 6.07) is 16.1. The number of ether oxygens (including phenoxy) is 1. The Morgan fingerprint density at radius 1 is 1.19 bits per heavy atom. The van der Waals surface area contributed by atoms with E-state index >= 15 is 0 Å². The van der Waals surface area contributed by atoms with Crippen LogP contribution in [0, 0.1) is 0 Å². The highest BCUT2D eigenvalue weighted by Crippen LogP contribution is 2.61. The van der Waals surface area contributed by atoms with Gasteiger partial charge in [0.25, 0.3) is 0 Å². The second-order valence-electron chi connectivity index (χ2n) is 7.07. The van der Waals surface area contributed by atoms with E-state index in [-0.39, 0.29) is 0 Å². The number of nitrogens with one attached hydrogen (secondary N) is 1. The van der Waals surface area contributed by atoms with Gasteiger partial charge in [-0.15, -0.1) is 0 Å². The Morgan fingerprint density at radius 2 is 2.00 bits per heavy atom. The van der Waals surface area contributed by atoms with Gasteiger partial charge < -0.3 is 9.64 Å². The van der Waals surface area contributed by atoms with Gasteiger partial charge >= 0.3 is 0 Å². The fourth-order valence-electron chi connectivity index (χ4n) is 3.47. The Hall–Kier alpha value is -2.01. The molecule has 136 valence electrons. The molecule has 0 radical (unpaired) electrons. The third kappa shape index (κ3) is 3.20. The van der Waals surface area contributed by atoms with Crippen LogP contribution in [0.5, 0.6) is 5.75 Å². The topological polar surface area (TPSA) is 33.7 Å². The Bertz CT molecular complexity index is 835. The maximum atomic E-state index is 6.41. The largest absolute Gasteiger partial charge is 0.477 e. The molecule has 0 aromatic heterocycles. The molecule has 1 saturated carbocycles. The van der Waals surface area contributed by atoms with Gasteiger partial charge in [0.05, 0.1) is 12.3 Å². The normalized spacial score (nSPS) is 20.5. The summed E-state index contributed by atoms with van der Waals surface area (Å²) in [5.41, 5.74) is 7.20. The lowest BCUT2D eigenvalue weighted by atomic mass is 10.0. The monoisotopic (exact) mass is 370 g/mol. The molecule has 1 aliphatic carbocycles. The van der Waals surface area contributed by atoms with E-state index in [4.69, 9.17) is 21.2 Å². The Morgan fingerprint density at radius 3 is 2.77 bits per heavy atom. The van der Waals surface area contributed by atoms with E-state index in [1.807, 2.05) is 36.4 Å². The second kappa shape index (κ2) is 6.95. The number of nitrogens with zero attached hydrogens (tertiary/aromatic N) is 1. The van der Waals surface area contributed by atoms with Crippen molar-refractivity contribution in [1.82, 2.24) is 10.4 Å². The first-order chi connectivity index (χ1) is 12.6. The summed E-state index contributed by atoms with van der Waals surface area (Å²) in [6.07, 6.45) is 1.82. The van der Waals surface area contributed by atoms with Crippen molar-refractivity contribution in [2.24, 2.45) is 0 Å². The number of fused-ring (bicyclic) bond motifs is 2. The van der Waals surface area contributed by atoms with Gasteiger partial charge in [0, 0.05) is 28.1 Å². The zero-order valence-corrected chi connectivity index (χ0v) is 15.8. The number of rotatable bonds is 7. The predicted octanol–water partition coefficient (Wildman–Crippen LogP) is 4.22. The minimum atomic E-state index is -0.395. The predicted molar refractivity (Wildman–Crippen MR) is 104 cm³/mol. The average Bonchev–Trinajstić information content (AvgIpc) is 3.36. The highest BCUT2D eigenvalue weighted by molar-refractivity contribution is 6.30. The van der Waals surface area contributed by atoms with E-state index < -0.39 is 5.60 Å². The fraction of sp³-hybridized carbons (Fsp3) is 0.333. The second-order valence-corrected chi connectivity index (χ2v) is 7.51. The SMILES string of the molecule is CN(C)CCCONC1=C2CC2(c2ccccc2)Oc2cc(Cl)ccc21. The molecule has 1 atom stereocenters. The molecule has 1 unspecified atom stereocenters. The Labute approximate surface area is 159 Å². The molecule has 2 aromatic carbocycles. The van der Waals surface area contributed by atoms with Crippen LogP contribution >= 0.6 is 11.6 Å². The van der Waals surface area contributed by atoms with E-state index in [0.29, 0.717) is 11.6 Å². The zero-order valence-electron chi connectivity index (χ0n) is 15.1. The maximum absolute atomic E-state index is 6.41. The van der Waals surface area contributed by atoms with Crippen LogP contribution in [0.1, 0.15) is 24.0 Å². The summed E-state index contributed by atoms with van der Waals surface area (Å²) >= 11 is 6.20. The molecule has 0 bridgehead atoms. The van der Waals surface area contributed by atoms with Crippen molar-refractivity contribution >= 4 is 17.3 Å². The molecule has 1 N–H and O–H groups in total. The van der Waals surface area contributed by atoms with Crippen molar-refractivity contribution in [3.8, 4) is 5.75 Å². The molecule has 0 amide bonds. The molecule has 1 heterocycles. The van der Waals surface area contributed by atoms with E-state index in [2.05, 4.69) is 36.6 Å². The van der Waals surface area contributed by atoms with Crippen molar-refractivity contribution in [3.63, 3.8) is 0 Å². The first kappa shape index (κ1) is 17.4. The summed E-state index contributed by atoms with van der Waals surface area (Å²) in [5, 5.41) is 0.669. The van der Waals surface area contributed by atoms with Crippen molar-refractivity contribution in [3.05, 3.63) is 70.3 Å². The number of hydrogen-bond acceptors (Lipinski definition) is 4. The third-order valence-electron chi connectivity index (χ3n) is 4.85. The summed E-state index contributed by atoms with van der Waals surface area (Å²) in [6.45, 7) is 1.65. The van der Waals surface area contributed by atoms with Gasteiger partial charge in [0.2, 0.25) is 0 Å². The molecule has 2 aromatic rings. The van der Waals surface area contributed by atoms with Crippen molar-refractivity contribution < 1.29 is 9.57 Å². The number of benzene rings is 2. The van der Waals surface area contributed by atoms with E-state index in [0.717, 1.165) is 42.0 Å². The minimum absolute atomic E-state index is 0.395. The van der Waals surface area contributed by atoms with Crippen LogP contribution in [-0.2, 0) is 10.4 Å². The van der Waals surface area contributed by atoms with Crippen LogP contribution in [0.2, 0.25) is 5.02 Å². The van der Waals surface area contributed by atoms with Crippen molar-refractivity contribution in [2.75, 3.05) is 27.2 Å². The van der Waals surface area contributed by atoms with Crippen LogP contribution in [0.4, 0.5) is 0 Å². The lowest BCUT2D eigenvalue weighted by molar-refractivity contribution is 0.0708. The smallest absolute Gasteiger partial charge is 0.162 e. The van der Waals surface area contributed by atoms with Crippen molar-refractivity contribution in [2.45, 2.75) is 18.4 Å². The quantitative estimate of drug-likeness (QED) is 0.584. The van der Waals surface area contributed by atoms with Crippen LogP contribution in [-0.4, -0.2) is 32.1 Å². The summed E-state index contributed by atoms with van der Waals surface area (Å²) in [4.78, 5) is 7.92. The molecule has 0 spiro atoms. The Balaban J connectivity index is 1.60. The average molecular weight is 371 g/mol. The van der Waals surface area contributed by atoms with Gasteiger partial charge in [-0.1, -0.05) is 41.9 Å². The molecule has 2 aliphatic rings.